The maximum Gasteiger partial charge on any atom is -0.00711 e. The second-order valence-corrected chi connectivity index (χ2v) is 3.69. The van der Waals surface area contributed by atoms with E-state index in [0.29, 0.717) is 0 Å². The molecule has 0 bridgehead atoms. The Hall–Kier alpha value is -0.170. The molecule has 0 fully saturated rings. The molecule has 1 radical (unpaired) electrons. The van der Waals surface area contributed by atoms with Crippen LogP contribution < -0.4 is 0 Å². The van der Waals surface area contributed by atoms with Crippen LogP contribution in [0.2, 0.25) is 0 Å². The van der Waals surface area contributed by atoms with E-state index in [0.717, 1.165) is 11.5 Å². The predicted octanol–water partition coefficient (Wildman–Crippen LogP) is 2.15. The quantitative estimate of drug-likeness (QED) is 0.436. The van der Waals surface area contributed by atoms with Gasteiger partial charge in [0.05, 0.1) is 0 Å². The van der Waals surface area contributed by atoms with Crippen LogP contribution in [0.5, 0.6) is 0 Å². The van der Waals surface area contributed by atoms with Gasteiger partial charge in [0, 0.05) is 0 Å². The molecule has 0 aromatic rings. The van der Waals surface area contributed by atoms with Crippen molar-refractivity contribution >= 4 is 10.9 Å². The lowest BCUT2D eigenvalue weighted by Crippen LogP contribution is -1.82. The van der Waals surface area contributed by atoms with Crippen molar-refractivity contribution in [2.75, 3.05) is 11.5 Å². The lowest BCUT2D eigenvalue weighted by molar-refractivity contribution is 1.71. The fourth-order valence-electron chi connectivity index (χ4n) is 0.440. The highest BCUT2D eigenvalue weighted by Gasteiger charge is 1.86. The summed E-state index contributed by atoms with van der Waals surface area (Å²) in [5.74, 6) is 2.11. The first kappa shape index (κ1) is 7.83. The van der Waals surface area contributed by atoms with Crippen molar-refractivity contribution in [2.45, 2.75) is 0 Å². The summed E-state index contributed by atoms with van der Waals surface area (Å²) in [5.41, 5.74) is 0. The van der Waals surface area contributed by atoms with E-state index in [1.165, 1.54) is 0 Å². The van der Waals surface area contributed by atoms with Crippen LogP contribution in [-0.2, 0) is 0 Å². The van der Waals surface area contributed by atoms with Crippen molar-refractivity contribution in [3.63, 3.8) is 0 Å². The molecular formula is C7H13S. The van der Waals surface area contributed by atoms with Gasteiger partial charge in [0.2, 0.25) is 0 Å². The molecule has 0 saturated carbocycles. The minimum atomic E-state index is -0.0669. The Morgan fingerprint density at radius 2 is 1.50 bits per heavy atom. The molecule has 0 saturated heterocycles. The molecule has 0 aliphatic carbocycles. The largest absolute Gasteiger partial charge is 0.246 e. The van der Waals surface area contributed by atoms with E-state index >= 15 is 0 Å². The number of thiol groups is 1. The van der Waals surface area contributed by atoms with E-state index in [9.17, 15) is 0 Å². The lowest BCUT2D eigenvalue weighted by atomic mass is 10.8. The van der Waals surface area contributed by atoms with Crippen LogP contribution in [0.15, 0.2) is 25.3 Å². The van der Waals surface area contributed by atoms with Gasteiger partial charge in [-0.3, -0.25) is 0 Å². The van der Waals surface area contributed by atoms with Crippen molar-refractivity contribution in [2.24, 2.45) is 0 Å². The Kier molecular flexibility index (Phi) is 4.87. The van der Waals surface area contributed by atoms with E-state index in [4.69, 9.17) is 0 Å². The van der Waals surface area contributed by atoms with Crippen LogP contribution in [0.3, 0.4) is 0 Å². The molecular weight excluding hydrogens is 116 g/mol. The Labute approximate surface area is 54.6 Å². The normalized spacial score (nSPS) is 10.4. The van der Waals surface area contributed by atoms with Crippen molar-refractivity contribution in [3.8, 4) is 0 Å². The van der Waals surface area contributed by atoms with Crippen LogP contribution in [0.25, 0.3) is 0 Å². The molecule has 0 rings (SSSR count). The van der Waals surface area contributed by atoms with Crippen molar-refractivity contribution < 1.29 is 0 Å². The fourth-order valence-corrected chi connectivity index (χ4v) is 1.32. The van der Waals surface area contributed by atoms with Gasteiger partial charge in [-0.1, -0.05) is 12.2 Å². The van der Waals surface area contributed by atoms with Gasteiger partial charge in [0.1, 0.15) is 0 Å². The molecule has 0 amide bonds. The van der Waals surface area contributed by atoms with E-state index in [-0.39, 0.29) is 10.9 Å². The number of hydrogen-bond donors (Lipinski definition) is 1. The highest BCUT2D eigenvalue weighted by Crippen LogP contribution is 2.20. The standard InChI is InChI=1S/C7H13S/c1-4-6-8(3)7-5-2/h4-5,8H,1-3,6-7H2. The van der Waals surface area contributed by atoms with Crippen LogP contribution in [0.4, 0.5) is 0 Å². The van der Waals surface area contributed by atoms with Gasteiger partial charge in [-0.2, -0.15) is 0 Å². The highest BCUT2D eigenvalue weighted by atomic mass is 32.2. The molecule has 0 unspecified atom stereocenters. The SMILES string of the molecule is [CH2][SH](CC=C)CC=C. The summed E-state index contributed by atoms with van der Waals surface area (Å²) in [5, 5.41) is 0. The summed E-state index contributed by atoms with van der Waals surface area (Å²) in [6.07, 6.45) is 7.78. The highest BCUT2D eigenvalue weighted by molar-refractivity contribution is 8.18. The molecule has 0 aliphatic heterocycles. The van der Waals surface area contributed by atoms with Gasteiger partial charge in [-0.15, -0.1) is 13.2 Å². The molecule has 0 aromatic heterocycles. The molecule has 47 valence electrons. The molecule has 0 heterocycles. The summed E-state index contributed by atoms with van der Waals surface area (Å²) in [6.45, 7) is 7.25. The summed E-state index contributed by atoms with van der Waals surface area (Å²) in [6, 6.07) is 0. The Bertz CT molecular complexity index is 66.5. The molecule has 8 heavy (non-hydrogen) atoms. The number of hydrogen-bond acceptors (Lipinski definition) is 0. The average Bonchev–Trinajstić information content (AvgIpc) is 1.68. The monoisotopic (exact) mass is 129 g/mol. The first-order valence-corrected chi connectivity index (χ1v) is 4.48. The molecule has 0 N–H and O–H groups in total. The average molecular weight is 129 g/mol. The first-order valence-electron chi connectivity index (χ1n) is 2.58. The predicted molar refractivity (Wildman–Crippen MR) is 44.5 cm³/mol. The minimum absolute atomic E-state index is 0.0669. The lowest BCUT2D eigenvalue weighted by Gasteiger charge is -2.07. The van der Waals surface area contributed by atoms with Crippen molar-refractivity contribution in [1.82, 2.24) is 0 Å². The van der Waals surface area contributed by atoms with Gasteiger partial charge in [-0.05, 0) is 17.8 Å². The van der Waals surface area contributed by atoms with Gasteiger partial charge in [0.15, 0.2) is 0 Å². The second kappa shape index (κ2) is 4.98. The maximum atomic E-state index is 3.94. The topological polar surface area (TPSA) is 0 Å². The Balaban J connectivity index is 3.16. The Morgan fingerprint density at radius 1 is 1.12 bits per heavy atom. The summed E-state index contributed by atoms with van der Waals surface area (Å²) < 4.78 is 0. The molecule has 0 aromatic carbocycles. The zero-order valence-electron chi connectivity index (χ0n) is 5.14. The van der Waals surface area contributed by atoms with Crippen LogP contribution in [0.1, 0.15) is 0 Å². The van der Waals surface area contributed by atoms with Gasteiger partial charge >= 0.3 is 0 Å². The third kappa shape index (κ3) is 4.00. The number of rotatable bonds is 4. The zero-order chi connectivity index (χ0) is 6.41. The van der Waals surface area contributed by atoms with Crippen molar-refractivity contribution in [3.05, 3.63) is 31.6 Å². The van der Waals surface area contributed by atoms with Crippen LogP contribution in [0, 0.1) is 6.26 Å². The third-order valence-electron chi connectivity index (χ3n) is 0.775. The first-order chi connectivity index (χ1) is 3.81. The minimum Gasteiger partial charge on any atom is -0.246 e. The van der Waals surface area contributed by atoms with Gasteiger partial charge < -0.3 is 0 Å². The smallest absolute Gasteiger partial charge is 0.00711 e. The fraction of sp³-hybridized carbons (Fsp3) is 0.286. The van der Waals surface area contributed by atoms with E-state index in [1.54, 1.807) is 0 Å². The van der Waals surface area contributed by atoms with Gasteiger partial charge in [-0.25, -0.2) is 10.9 Å². The Morgan fingerprint density at radius 3 is 1.75 bits per heavy atom. The van der Waals surface area contributed by atoms with Crippen LogP contribution >= 0.6 is 10.9 Å². The van der Waals surface area contributed by atoms with Crippen molar-refractivity contribution in [1.29, 1.82) is 0 Å². The van der Waals surface area contributed by atoms with E-state index < -0.39 is 0 Å². The van der Waals surface area contributed by atoms with Crippen LogP contribution in [-0.4, -0.2) is 11.5 Å². The summed E-state index contributed by atoms with van der Waals surface area (Å²) >= 11 is 0. The molecule has 0 atom stereocenters. The van der Waals surface area contributed by atoms with Gasteiger partial charge in [0.25, 0.3) is 0 Å². The third-order valence-corrected chi connectivity index (χ3v) is 2.32. The maximum absolute atomic E-state index is 3.94. The second-order valence-electron chi connectivity index (χ2n) is 1.61. The molecule has 1 heteroatoms. The molecule has 0 spiro atoms. The summed E-state index contributed by atoms with van der Waals surface area (Å²) in [7, 11) is -0.0669. The zero-order valence-corrected chi connectivity index (χ0v) is 6.03. The molecule has 0 nitrogen and oxygen atoms in total. The molecule has 0 aliphatic rings. The van der Waals surface area contributed by atoms with E-state index in [1.807, 2.05) is 12.2 Å². The van der Waals surface area contributed by atoms with E-state index in [2.05, 4.69) is 19.4 Å². The summed E-state index contributed by atoms with van der Waals surface area (Å²) in [4.78, 5) is 0.